The molecule has 1 N–H and O–H groups in total. The molecule has 0 spiro atoms. The van der Waals surface area contributed by atoms with Gasteiger partial charge in [-0.15, -0.1) is 0 Å². The number of rotatable bonds is 3. The van der Waals surface area contributed by atoms with Gasteiger partial charge in [-0.25, -0.2) is 0 Å². The number of nitrogens with zero attached hydrogens (tertiary/aromatic N) is 1. The van der Waals surface area contributed by atoms with E-state index in [1.165, 1.54) is 19.2 Å². The van der Waals surface area contributed by atoms with Crippen LogP contribution in [0.2, 0.25) is 0 Å². The average molecular weight is 427 g/mol. The molecule has 2 atom stereocenters. The number of methoxy groups -OCH3 is 1. The van der Waals surface area contributed by atoms with E-state index in [9.17, 15) is 20.0 Å². The largest absolute Gasteiger partial charge is 0.468 e. The average Bonchev–Trinajstić information content (AvgIpc) is 3.05. The van der Waals surface area contributed by atoms with Crippen molar-refractivity contribution in [3.8, 4) is 0 Å². The highest BCUT2D eigenvalue weighted by Crippen LogP contribution is 2.62. The fraction of sp³-hybridized carbons (Fsp3) is 0.192. The van der Waals surface area contributed by atoms with Crippen LogP contribution in [0.5, 0.6) is 0 Å². The summed E-state index contributed by atoms with van der Waals surface area (Å²) in [5.74, 6) is -0.556. The van der Waals surface area contributed by atoms with Crippen LogP contribution in [-0.4, -0.2) is 23.1 Å². The first-order chi connectivity index (χ1) is 15.4. The van der Waals surface area contributed by atoms with Crippen LogP contribution in [0.3, 0.4) is 0 Å². The van der Waals surface area contributed by atoms with Gasteiger partial charge in [0, 0.05) is 12.1 Å². The van der Waals surface area contributed by atoms with Crippen molar-refractivity contribution in [1.82, 2.24) is 0 Å². The Labute approximate surface area is 184 Å². The highest BCUT2D eigenvalue weighted by molar-refractivity contribution is 6.12. The summed E-state index contributed by atoms with van der Waals surface area (Å²) in [6.07, 6.45) is -1.02. The Morgan fingerprint density at radius 1 is 1.09 bits per heavy atom. The molecule has 3 aromatic rings. The number of hydrogen-bond acceptors (Lipinski definition) is 5. The summed E-state index contributed by atoms with van der Waals surface area (Å²) >= 11 is 0. The van der Waals surface area contributed by atoms with Crippen LogP contribution in [0.25, 0.3) is 11.1 Å². The highest BCUT2D eigenvalue weighted by atomic mass is 16.6. The number of aryl methyl sites for hydroxylation is 1. The summed E-state index contributed by atoms with van der Waals surface area (Å²) in [4.78, 5) is 24.4. The maximum Gasteiger partial charge on any atom is 0.319 e. The van der Waals surface area contributed by atoms with Crippen molar-refractivity contribution in [3.05, 3.63) is 110 Å². The molecule has 2 aliphatic carbocycles. The predicted molar refractivity (Wildman–Crippen MR) is 120 cm³/mol. The number of ether oxygens (including phenoxy) is 1. The van der Waals surface area contributed by atoms with Gasteiger partial charge in [0.2, 0.25) is 0 Å². The van der Waals surface area contributed by atoms with Gasteiger partial charge in [-0.3, -0.25) is 14.9 Å². The molecule has 0 radical (unpaired) electrons. The number of esters is 1. The molecule has 6 nitrogen and oxygen atoms in total. The fourth-order valence-electron chi connectivity index (χ4n) is 5.20. The molecule has 2 aliphatic rings. The maximum absolute atomic E-state index is 13.4. The second-order valence-corrected chi connectivity index (χ2v) is 8.35. The van der Waals surface area contributed by atoms with Gasteiger partial charge in [-0.2, -0.15) is 0 Å². The Kier molecular flexibility index (Phi) is 4.50. The first kappa shape index (κ1) is 20.2. The number of non-ortho nitro benzene ring substituents is 1. The Hall–Kier alpha value is -3.77. The van der Waals surface area contributed by atoms with E-state index in [-0.39, 0.29) is 12.1 Å². The molecule has 0 amide bonds. The van der Waals surface area contributed by atoms with Gasteiger partial charge in [-0.1, -0.05) is 54.1 Å². The number of fused-ring (bicyclic) bond motifs is 4. The topological polar surface area (TPSA) is 89.7 Å². The van der Waals surface area contributed by atoms with E-state index in [1.54, 1.807) is 6.07 Å². The second-order valence-electron chi connectivity index (χ2n) is 8.35. The van der Waals surface area contributed by atoms with E-state index < -0.39 is 22.4 Å². The number of hydrogen-bond donors (Lipinski definition) is 1. The van der Waals surface area contributed by atoms with Crippen LogP contribution < -0.4 is 0 Å². The molecule has 160 valence electrons. The van der Waals surface area contributed by atoms with Crippen molar-refractivity contribution in [2.75, 3.05) is 7.11 Å². The van der Waals surface area contributed by atoms with E-state index in [2.05, 4.69) is 0 Å². The van der Waals surface area contributed by atoms with Crippen molar-refractivity contribution in [2.45, 2.75) is 19.4 Å². The minimum atomic E-state index is -1.39. The maximum atomic E-state index is 13.4. The molecule has 0 aromatic heterocycles. The van der Waals surface area contributed by atoms with Crippen LogP contribution >= 0.6 is 0 Å². The lowest BCUT2D eigenvalue weighted by atomic mass is 9.65. The van der Waals surface area contributed by atoms with E-state index in [0.29, 0.717) is 16.7 Å². The van der Waals surface area contributed by atoms with E-state index >= 15 is 0 Å². The first-order valence-corrected chi connectivity index (χ1v) is 10.3. The number of nitro groups is 1. The second kappa shape index (κ2) is 7.14. The van der Waals surface area contributed by atoms with Crippen LogP contribution in [0.1, 0.15) is 39.5 Å². The lowest BCUT2D eigenvalue weighted by molar-refractivity contribution is -0.384. The molecule has 0 saturated carbocycles. The van der Waals surface area contributed by atoms with Gasteiger partial charge < -0.3 is 9.84 Å². The third kappa shape index (κ3) is 2.66. The number of benzene rings is 3. The summed E-state index contributed by atoms with van der Waals surface area (Å²) in [6.45, 7) is 1.97. The lowest BCUT2D eigenvalue weighted by Crippen LogP contribution is -2.40. The lowest BCUT2D eigenvalue weighted by Gasteiger charge is -2.37. The Morgan fingerprint density at radius 3 is 2.53 bits per heavy atom. The van der Waals surface area contributed by atoms with Gasteiger partial charge in [0.1, 0.15) is 11.5 Å². The van der Waals surface area contributed by atoms with Gasteiger partial charge in [0.25, 0.3) is 5.69 Å². The third-order valence-electron chi connectivity index (χ3n) is 6.59. The van der Waals surface area contributed by atoms with Crippen molar-refractivity contribution in [1.29, 1.82) is 0 Å². The van der Waals surface area contributed by atoms with Crippen molar-refractivity contribution in [2.24, 2.45) is 5.41 Å². The highest BCUT2D eigenvalue weighted by Gasteiger charge is 2.59. The molecule has 2 unspecified atom stereocenters. The number of aliphatic hydroxyl groups is 1. The molecule has 6 heteroatoms. The van der Waals surface area contributed by atoms with Crippen molar-refractivity contribution >= 4 is 22.8 Å². The van der Waals surface area contributed by atoms with E-state index in [1.807, 2.05) is 55.5 Å². The van der Waals surface area contributed by atoms with Gasteiger partial charge in [-0.05, 0) is 58.4 Å². The molecular formula is C26H21NO5. The molecule has 0 aliphatic heterocycles. The SMILES string of the molecule is COC(=O)C12Cc3cc([N+](=O)[O-])ccc3C(c3ccccc3)=C1c1cc(C)ccc1C2O. The van der Waals surface area contributed by atoms with Crippen molar-refractivity contribution < 1.29 is 19.6 Å². The van der Waals surface area contributed by atoms with Crippen LogP contribution in [0, 0.1) is 22.5 Å². The monoisotopic (exact) mass is 427 g/mol. The standard InChI is InChI=1S/C26H21NO5/c1-15-8-10-20-21(12-15)23-22(16-6-4-3-5-7-16)19-11-9-18(27(30)31)13-17(19)14-26(23,24(20)28)25(29)32-2/h3-13,24,28H,14H2,1-2H3. The molecule has 0 bridgehead atoms. The number of aliphatic hydroxyl groups excluding tert-OH is 1. The molecule has 0 saturated heterocycles. The van der Waals surface area contributed by atoms with Gasteiger partial charge in [0.05, 0.1) is 12.0 Å². The van der Waals surface area contributed by atoms with E-state index in [0.717, 1.165) is 27.8 Å². The normalized spacial score (nSPS) is 20.9. The van der Waals surface area contributed by atoms with Gasteiger partial charge in [0.15, 0.2) is 0 Å². The molecule has 0 fully saturated rings. The molecular weight excluding hydrogens is 406 g/mol. The summed E-state index contributed by atoms with van der Waals surface area (Å²) in [5.41, 5.74) is 4.85. The number of carbonyl (C=O) groups is 1. The third-order valence-corrected chi connectivity index (χ3v) is 6.59. The molecule has 32 heavy (non-hydrogen) atoms. The Balaban J connectivity index is 1.95. The minimum absolute atomic E-state index is 0.0551. The Morgan fingerprint density at radius 2 is 1.84 bits per heavy atom. The number of nitro benzene ring substituents is 1. The fourth-order valence-corrected chi connectivity index (χ4v) is 5.20. The predicted octanol–water partition coefficient (Wildman–Crippen LogP) is 4.62. The minimum Gasteiger partial charge on any atom is -0.468 e. The number of carbonyl (C=O) groups excluding carboxylic acids is 1. The summed E-state index contributed by atoms with van der Waals surface area (Å²) < 4.78 is 5.24. The first-order valence-electron chi connectivity index (χ1n) is 10.3. The van der Waals surface area contributed by atoms with E-state index in [4.69, 9.17) is 4.74 Å². The molecule has 5 rings (SSSR count). The zero-order valence-corrected chi connectivity index (χ0v) is 17.7. The van der Waals surface area contributed by atoms with Crippen LogP contribution in [0.15, 0.2) is 66.7 Å². The van der Waals surface area contributed by atoms with Crippen molar-refractivity contribution in [3.63, 3.8) is 0 Å². The summed E-state index contributed by atoms with van der Waals surface area (Å²) in [5, 5.41) is 23.0. The summed E-state index contributed by atoms with van der Waals surface area (Å²) in [7, 11) is 1.31. The zero-order chi connectivity index (χ0) is 22.6. The zero-order valence-electron chi connectivity index (χ0n) is 17.7. The molecule has 0 heterocycles. The smallest absolute Gasteiger partial charge is 0.319 e. The quantitative estimate of drug-likeness (QED) is 0.374. The van der Waals surface area contributed by atoms with Crippen LogP contribution in [0.4, 0.5) is 5.69 Å². The van der Waals surface area contributed by atoms with Gasteiger partial charge >= 0.3 is 5.97 Å². The molecule has 3 aromatic carbocycles. The summed E-state index contributed by atoms with van der Waals surface area (Å²) in [6, 6.07) is 20.1. The van der Waals surface area contributed by atoms with Crippen LogP contribution in [-0.2, 0) is 16.0 Å². The Bertz CT molecular complexity index is 1310.